The molecule has 2 N–H and O–H groups in total. The predicted molar refractivity (Wildman–Crippen MR) is 66.7 cm³/mol. The van der Waals surface area contributed by atoms with Gasteiger partial charge in [-0.1, -0.05) is 6.92 Å². The molecule has 5 heteroatoms. The molecule has 2 rings (SSSR count). The van der Waals surface area contributed by atoms with Gasteiger partial charge in [0.25, 0.3) is 0 Å². The van der Waals surface area contributed by atoms with Crippen molar-refractivity contribution in [1.29, 1.82) is 0 Å². The Labute approximate surface area is 102 Å². The van der Waals surface area contributed by atoms with E-state index < -0.39 is 0 Å². The van der Waals surface area contributed by atoms with E-state index in [2.05, 4.69) is 29.6 Å². The van der Waals surface area contributed by atoms with Crippen molar-refractivity contribution >= 4 is 11.6 Å². The highest BCUT2D eigenvalue weighted by molar-refractivity contribution is 5.75. The second-order valence-electron chi connectivity index (χ2n) is 5.12. The maximum absolute atomic E-state index is 11.2. The molecule has 1 unspecified atom stereocenters. The van der Waals surface area contributed by atoms with Crippen molar-refractivity contribution in [2.24, 2.45) is 5.41 Å². The van der Waals surface area contributed by atoms with Gasteiger partial charge in [-0.15, -0.1) is 0 Å². The van der Waals surface area contributed by atoms with Gasteiger partial charge in [-0.25, -0.2) is 0 Å². The van der Waals surface area contributed by atoms with E-state index in [1.165, 1.54) is 12.8 Å². The monoisotopic (exact) mass is 236 g/mol. The number of carbonyl (C=O) groups excluding carboxylic acids is 1. The number of nitrogens with zero attached hydrogens (tertiary/aromatic N) is 2. The summed E-state index contributed by atoms with van der Waals surface area (Å²) < 4.78 is 1.64. The fourth-order valence-corrected chi connectivity index (χ4v) is 1.81. The van der Waals surface area contributed by atoms with Gasteiger partial charge in [0.05, 0.1) is 11.9 Å². The zero-order valence-electron chi connectivity index (χ0n) is 10.7. The molecule has 94 valence electrons. The normalized spacial score (nSPS) is 18.5. The van der Waals surface area contributed by atoms with Gasteiger partial charge in [0, 0.05) is 19.3 Å². The molecular weight excluding hydrogens is 216 g/mol. The molecule has 0 aliphatic heterocycles. The van der Waals surface area contributed by atoms with Crippen LogP contribution in [0, 0.1) is 5.41 Å². The summed E-state index contributed by atoms with van der Waals surface area (Å²) in [5.41, 5.74) is 1.41. The van der Waals surface area contributed by atoms with Gasteiger partial charge in [-0.3, -0.25) is 9.48 Å². The molecule has 0 aromatic carbocycles. The van der Waals surface area contributed by atoms with E-state index in [-0.39, 0.29) is 12.5 Å². The first-order valence-electron chi connectivity index (χ1n) is 6.03. The van der Waals surface area contributed by atoms with Gasteiger partial charge in [0.2, 0.25) is 5.91 Å². The van der Waals surface area contributed by atoms with Crippen LogP contribution < -0.4 is 10.6 Å². The van der Waals surface area contributed by atoms with Crippen LogP contribution in [0.2, 0.25) is 0 Å². The highest BCUT2D eigenvalue weighted by Crippen LogP contribution is 2.48. The Kier molecular flexibility index (Phi) is 3.09. The van der Waals surface area contributed by atoms with Crippen LogP contribution in [0.3, 0.4) is 0 Å². The molecule has 0 spiro atoms. The molecular formula is C12H20N4O. The Balaban J connectivity index is 1.91. The van der Waals surface area contributed by atoms with E-state index in [9.17, 15) is 4.79 Å². The lowest BCUT2D eigenvalue weighted by molar-refractivity contribution is -0.121. The van der Waals surface area contributed by atoms with Crippen LogP contribution in [-0.4, -0.2) is 28.8 Å². The van der Waals surface area contributed by atoms with Crippen LogP contribution in [0.15, 0.2) is 12.4 Å². The molecule has 0 radical (unpaired) electrons. The Morgan fingerprint density at radius 3 is 2.94 bits per heavy atom. The quantitative estimate of drug-likeness (QED) is 0.808. The van der Waals surface area contributed by atoms with Crippen LogP contribution in [0.1, 0.15) is 26.7 Å². The van der Waals surface area contributed by atoms with E-state index in [1.807, 2.05) is 6.20 Å². The summed E-state index contributed by atoms with van der Waals surface area (Å²) in [4.78, 5) is 11.2. The van der Waals surface area contributed by atoms with Gasteiger partial charge in [-0.05, 0) is 25.2 Å². The first kappa shape index (κ1) is 12.0. The number of hydrogen-bond donors (Lipinski definition) is 2. The van der Waals surface area contributed by atoms with Gasteiger partial charge < -0.3 is 10.6 Å². The van der Waals surface area contributed by atoms with Crippen LogP contribution in [0.25, 0.3) is 0 Å². The van der Waals surface area contributed by atoms with Crippen molar-refractivity contribution in [3.8, 4) is 0 Å². The second-order valence-corrected chi connectivity index (χ2v) is 5.12. The zero-order valence-corrected chi connectivity index (χ0v) is 10.7. The van der Waals surface area contributed by atoms with Crippen LogP contribution in [0.5, 0.6) is 0 Å². The molecule has 1 fully saturated rings. The lowest BCUT2D eigenvalue weighted by Crippen LogP contribution is -2.25. The third-order valence-electron chi connectivity index (χ3n) is 3.68. The number of amides is 1. The minimum Gasteiger partial charge on any atom is -0.380 e. The number of nitrogens with one attached hydrogen (secondary N) is 2. The number of carbonyl (C=O) groups is 1. The van der Waals surface area contributed by atoms with Crippen LogP contribution >= 0.6 is 0 Å². The standard InChI is InChI=1S/C12H20N4O/c1-9(12(2)4-5-12)15-10-6-14-16(7-10)8-11(17)13-3/h6-7,9,15H,4-5,8H2,1-3H3,(H,13,17). The van der Waals surface area contributed by atoms with E-state index in [0.29, 0.717) is 11.5 Å². The Morgan fingerprint density at radius 1 is 1.65 bits per heavy atom. The maximum atomic E-state index is 11.2. The zero-order chi connectivity index (χ0) is 12.5. The van der Waals surface area contributed by atoms with Crippen molar-refractivity contribution in [3.05, 3.63) is 12.4 Å². The predicted octanol–water partition coefficient (Wildman–Crippen LogP) is 1.23. The third kappa shape index (κ3) is 2.78. The molecule has 1 aliphatic rings. The van der Waals surface area contributed by atoms with Crippen molar-refractivity contribution in [2.75, 3.05) is 12.4 Å². The number of rotatable bonds is 5. The topological polar surface area (TPSA) is 59.0 Å². The first-order valence-corrected chi connectivity index (χ1v) is 6.03. The minimum atomic E-state index is -0.0400. The van der Waals surface area contributed by atoms with Gasteiger partial charge in [0.15, 0.2) is 0 Å². The maximum Gasteiger partial charge on any atom is 0.241 e. The van der Waals surface area contributed by atoms with Gasteiger partial charge >= 0.3 is 0 Å². The van der Waals surface area contributed by atoms with E-state index in [0.717, 1.165) is 5.69 Å². The summed E-state index contributed by atoms with van der Waals surface area (Å²) in [6.45, 7) is 4.76. The SMILES string of the molecule is CNC(=O)Cn1cc(NC(C)C2(C)CC2)cn1. The summed E-state index contributed by atoms with van der Waals surface area (Å²) >= 11 is 0. The highest BCUT2D eigenvalue weighted by atomic mass is 16.1. The molecule has 5 nitrogen and oxygen atoms in total. The Morgan fingerprint density at radius 2 is 2.35 bits per heavy atom. The molecule has 1 amide bonds. The van der Waals surface area contributed by atoms with E-state index >= 15 is 0 Å². The molecule has 1 saturated carbocycles. The summed E-state index contributed by atoms with van der Waals surface area (Å²) in [5, 5.41) is 10.2. The average molecular weight is 236 g/mol. The molecule has 17 heavy (non-hydrogen) atoms. The lowest BCUT2D eigenvalue weighted by Gasteiger charge is -2.20. The van der Waals surface area contributed by atoms with Crippen molar-refractivity contribution < 1.29 is 4.79 Å². The summed E-state index contributed by atoms with van der Waals surface area (Å²) in [6.07, 6.45) is 6.21. The number of aromatic nitrogens is 2. The fourth-order valence-electron chi connectivity index (χ4n) is 1.81. The van der Waals surface area contributed by atoms with Gasteiger partial charge in [0.1, 0.15) is 6.54 Å². The molecule has 1 atom stereocenters. The minimum absolute atomic E-state index is 0.0400. The molecule has 0 bridgehead atoms. The third-order valence-corrected chi connectivity index (χ3v) is 3.68. The van der Waals surface area contributed by atoms with E-state index in [4.69, 9.17) is 0 Å². The molecule has 1 aromatic rings. The van der Waals surface area contributed by atoms with Gasteiger partial charge in [-0.2, -0.15) is 5.10 Å². The lowest BCUT2D eigenvalue weighted by atomic mass is 10.0. The van der Waals surface area contributed by atoms with Crippen molar-refractivity contribution in [3.63, 3.8) is 0 Å². The molecule has 1 aromatic heterocycles. The van der Waals surface area contributed by atoms with Crippen LogP contribution in [-0.2, 0) is 11.3 Å². The van der Waals surface area contributed by atoms with Crippen molar-refractivity contribution in [2.45, 2.75) is 39.3 Å². The second kappa shape index (κ2) is 4.39. The van der Waals surface area contributed by atoms with Crippen LogP contribution in [0.4, 0.5) is 5.69 Å². The fraction of sp³-hybridized carbons (Fsp3) is 0.667. The first-order chi connectivity index (χ1) is 8.03. The highest BCUT2D eigenvalue weighted by Gasteiger charge is 2.42. The van der Waals surface area contributed by atoms with Crippen molar-refractivity contribution in [1.82, 2.24) is 15.1 Å². The molecule has 0 saturated heterocycles. The Bertz CT molecular complexity index is 408. The smallest absolute Gasteiger partial charge is 0.241 e. The number of anilines is 1. The summed E-state index contributed by atoms with van der Waals surface area (Å²) in [7, 11) is 1.63. The number of hydrogen-bond acceptors (Lipinski definition) is 3. The molecule has 1 aliphatic carbocycles. The average Bonchev–Trinajstić information content (AvgIpc) is 2.90. The summed E-state index contributed by atoms with van der Waals surface area (Å²) in [5.74, 6) is -0.0400. The summed E-state index contributed by atoms with van der Waals surface area (Å²) in [6, 6.07) is 0.445. The molecule has 1 heterocycles. The van der Waals surface area contributed by atoms with E-state index in [1.54, 1.807) is 17.9 Å². The Hall–Kier alpha value is -1.52. The number of likely N-dealkylation sites (N-methyl/N-ethyl adjacent to an activating group) is 1. The largest absolute Gasteiger partial charge is 0.380 e.